The molecule has 1 N–H and O–H groups in total. The zero-order valence-corrected chi connectivity index (χ0v) is 16.0. The maximum atomic E-state index is 12.0. The lowest BCUT2D eigenvalue weighted by Gasteiger charge is -2.07. The Morgan fingerprint density at radius 2 is 1.45 bits per heavy atom. The number of benzene rings is 3. The third kappa shape index (κ3) is 5.49. The van der Waals surface area contributed by atoms with Gasteiger partial charge >= 0.3 is 5.97 Å². The molecule has 0 saturated heterocycles. The summed E-state index contributed by atoms with van der Waals surface area (Å²) in [5.74, 6) is -0.287. The van der Waals surface area contributed by atoms with E-state index in [-0.39, 0.29) is 0 Å². The van der Waals surface area contributed by atoms with Gasteiger partial charge in [0, 0.05) is 5.56 Å². The molecule has 0 aromatic heterocycles. The van der Waals surface area contributed by atoms with Crippen molar-refractivity contribution in [3.63, 3.8) is 0 Å². The largest absolute Gasteiger partial charge is 0.497 e. The highest BCUT2D eigenvalue weighted by atomic mass is 16.7. The van der Waals surface area contributed by atoms with Gasteiger partial charge in [-0.25, -0.2) is 10.3 Å². The van der Waals surface area contributed by atoms with Crippen molar-refractivity contribution in [2.24, 2.45) is 10.2 Å². The van der Waals surface area contributed by atoms with Gasteiger partial charge in [-0.3, -0.25) is 4.79 Å². The van der Waals surface area contributed by atoms with Gasteiger partial charge in [0.1, 0.15) is 5.75 Å². The first-order valence-electron chi connectivity index (χ1n) is 8.79. The number of carbonyl (C=O) groups is 2. The quantitative estimate of drug-likeness (QED) is 0.467. The Bertz CT molecular complexity index is 1010. The van der Waals surface area contributed by atoms with Gasteiger partial charge in [0.2, 0.25) is 0 Å². The number of ether oxygens (including phenoxy) is 1. The van der Waals surface area contributed by atoms with E-state index in [4.69, 9.17) is 9.57 Å². The van der Waals surface area contributed by atoms with E-state index in [2.05, 4.69) is 15.7 Å². The van der Waals surface area contributed by atoms with Crippen LogP contribution in [-0.2, 0) is 4.84 Å². The molecule has 0 aliphatic heterocycles. The van der Waals surface area contributed by atoms with E-state index in [9.17, 15) is 9.59 Å². The van der Waals surface area contributed by atoms with Crippen molar-refractivity contribution < 1.29 is 19.2 Å². The summed E-state index contributed by atoms with van der Waals surface area (Å²) in [6.45, 7) is 1.94. The summed E-state index contributed by atoms with van der Waals surface area (Å²) < 4.78 is 5.05. The topological polar surface area (TPSA) is 89.3 Å². The Balaban J connectivity index is 1.55. The molecule has 1 amide bonds. The highest BCUT2D eigenvalue weighted by molar-refractivity contribution is 5.94. The van der Waals surface area contributed by atoms with Crippen LogP contribution in [0.4, 0.5) is 11.4 Å². The minimum atomic E-state index is -0.487. The van der Waals surface area contributed by atoms with Crippen LogP contribution in [0.5, 0.6) is 5.75 Å². The number of aryl methyl sites for hydroxylation is 1. The first-order valence-corrected chi connectivity index (χ1v) is 8.79. The van der Waals surface area contributed by atoms with Crippen molar-refractivity contribution in [2.75, 3.05) is 12.6 Å². The molecule has 3 aromatic carbocycles. The number of anilines is 1. The third-order valence-corrected chi connectivity index (χ3v) is 4.01. The number of amides is 1. The van der Waals surface area contributed by atoms with Gasteiger partial charge in [-0.05, 0) is 67.6 Å². The van der Waals surface area contributed by atoms with Gasteiger partial charge < -0.3 is 9.57 Å². The summed E-state index contributed by atoms with van der Waals surface area (Å²) in [6, 6.07) is 20.3. The number of carbonyl (C=O) groups excluding carboxylic acids is 2. The zero-order chi connectivity index (χ0) is 20.6. The van der Waals surface area contributed by atoms with E-state index < -0.39 is 11.9 Å². The van der Waals surface area contributed by atoms with Crippen LogP contribution >= 0.6 is 0 Å². The van der Waals surface area contributed by atoms with Gasteiger partial charge in [0.05, 0.1) is 24.0 Å². The number of hydrogen-bond donors (Lipinski definition) is 1. The summed E-state index contributed by atoms with van der Waals surface area (Å²) in [7, 11) is 1.55. The molecule has 0 atom stereocenters. The first-order chi connectivity index (χ1) is 14.0. The van der Waals surface area contributed by atoms with Crippen molar-refractivity contribution in [1.82, 2.24) is 0 Å². The van der Waals surface area contributed by atoms with Crippen molar-refractivity contribution in [3.8, 4) is 5.75 Å². The van der Waals surface area contributed by atoms with Gasteiger partial charge in [-0.2, -0.15) is 0 Å². The summed E-state index contributed by atoms with van der Waals surface area (Å²) in [4.78, 5) is 29.1. The normalized spacial score (nSPS) is 10.6. The van der Waals surface area contributed by atoms with Gasteiger partial charge in [-0.15, -0.1) is 10.2 Å². The summed E-state index contributed by atoms with van der Waals surface area (Å²) in [5, 5.41) is 7.64. The SMILES string of the molecule is COc1ccc(C(=O)N=Nc2ccc(NOC(=O)c3ccc(C)cc3)cc2)cc1. The Labute approximate surface area is 168 Å². The average Bonchev–Trinajstić information content (AvgIpc) is 2.77. The number of rotatable bonds is 6. The van der Waals surface area contributed by atoms with Crippen molar-refractivity contribution >= 4 is 23.3 Å². The second-order valence-corrected chi connectivity index (χ2v) is 6.14. The fourth-order valence-corrected chi connectivity index (χ4v) is 2.34. The summed E-state index contributed by atoms with van der Waals surface area (Å²) >= 11 is 0. The Kier molecular flexibility index (Phi) is 6.32. The van der Waals surface area contributed by atoms with Crippen LogP contribution in [0.25, 0.3) is 0 Å². The molecular weight excluding hydrogens is 370 g/mol. The average molecular weight is 389 g/mol. The van der Waals surface area contributed by atoms with E-state index in [1.165, 1.54) is 0 Å². The molecule has 0 saturated carbocycles. The van der Waals surface area contributed by atoms with Crippen LogP contribution in [0.3, 0.4) is 0 Å². The van der Waals surface area contributed by atoms with Gasteiger partial charge in [0.25, 0.3) is 5.91 Å². The number of nitrogens with zero attached hydrogens (tertiary/aromatic N) is 2. The second-order valence-electron chi connectivity index (χ2n) is 6.14. The van der Waals surface area contributed by atoms with E-state index in [1.807, 2.05) is 19.1 Å². The number of hydrogen-bond acceptors (Lipinski definition) is 6. The maximum absolute atomic E-state index is 12.0. The van der Waals surface area contributed by atoms with Crippen molar-refractivity contribution in [2.45, 2.75) is 6.92 Å². The van der Waals surface area contributed by atoms with Crippen molar-refractivity contribution in [1.29, 1.82) is 0 Å². The monoisotopic (exact) mass is 389 g/mol. The van der Waals surface area contributed by atoms with Gasteiger partial charge in [-0.1, -0.05) is 17.7 Å². The lowest BCUT2D eigenvalue weighted by molar-refractivity contribution is 0.0596. The molecule has 29 heavy (non-hydrogen) atoms. The predicted molar refractivity (Wildman–Crippen MR) is 108 cm³/mol. The lowest BCUT2D eigenvalue weighted by atomic mass is 10.2. The molecule has 7 heteroatoms. The maximum Gasteiger partial charge on any atom is 0.362 e. The van der Waals surface area contributed by atoms with Crippen molar-refractivity contribution in [3.05, 3.63) is 89.5 Å². The second kappa shape index (κ2) is 9.27. The smallest absolute Gasteiger partial charge is 0.362 e. The van der Waals surface area contributed by atoms with E-state index in [1.54, 1.807) is 67.8 Å². The highest BCUT2D eigenvalue weighted by Crippen LogP contribution is 2.18. The van der Waals surface area contributed by atoms with E-state index in [0.29, 0.717) is 28.3 Å². The predicted octanol–water partition coefficient (Wildman–Crippen LogP) is 5.11. The molecule has 0 heterocycles. The minimum Gasteiger partial charge on any atom is -0.497 e. The van der Waals surface area contributed by atoms with Crippen LogP contribution < -0.4 is 10.2 Å². The zero-order valence-electron chi connectivity index (χ0n) is 16.0. The van der Waals surface area contributed by atoms with Crippen LogP contribution in [0.1, 0.15) is 26.3 Å². The molecule has 0 spiro atoms. The molecule has 0 aliphatic rings. The summed E-state index contributed by atoms with van der Waals surface area (Å²) in [5.41, 5.74) is 5.56. The molecule has 146 valence electrons. The fraction of sp³-hybridized carbons (Fsp3) is 0.0909. The Morgan fingerprint density at radius 3 is 2.07 bits per heavy atom. The number of methoxy groups -OCH3 is 1. The molecule has 0 unspecified atom stereocenters. The van der Waals surface area contributed by atoms with Crippen LogP contribution in [0.2, 0.25) is 0 Å². The number of nitrogens with one attached hydrogen (secondary N) is 1. The van der Waals surface area contributed by atoms with Crippen LogP contribution in [0.15, 0.2) is 83.0 Å². The molecule has 3 rings (SSSR count). The molecule has 0 radical (unpaired) electrons. The third-order valence-electron chi connectivity index (χ3n) is 4.01. The molecule has 0 bridgehead atoms. The lowest BCUT2D eigenvalue weighted by Crippen LogP contribution is -2.10. The molecule has 7 nitrogen and oxygen atoms in total. The fourth-order valence-electron chi connectivity index (χ4n) is 2.34. The molecular formula is C22H19N3O4. The Hall–Kier alpha value is -4.00. The Morgan fingerprint density at radius 1 is 0.828 bits per heavy atom. The van der Waals surface area contributed by atoms with Crippen LogP contribution in [0, 0.1) is 6.92 Å². The molecule has 3 aromatic rings. The first kappa shape index (κ1) is 19.8. The standard InChI is InChI=1S/C22H19N3O4/c1-15-3-5-17(6-4-15)22(27)29-25-19-11-9-18(10-12-19)23-24-21(26)16-7-13-20(28-2)14-8-16/h3-14,25H,1-2H3. The van der Waals surface area contributed by atoms with E-state index >= 15 is 0 Å². The van der Waals surface area contributed by atoms with Crippen LogP contribution in [-0.4, -0.2) is 19.0 Å². The highest BCUT2D eigenvalue weighted by Gasteiger charge is 2.07. The van der Waals surface area contributed by atoms with E-state index in [0.717, 1.165) is 5.56 Å². The molecule has 0 fully saturated rings. The minimum absolute atomic E-state index is 0.413. The van der Waals surface area contributed by atoms with Gasteiger partial charge in [0.15, 0.2) is 0 Å². The molecule has 0 aliphatic carbocycles. The number of azo groups is 1. The summed E-state index contributed by atoms with van der Waals surface area (Å²) in [6.07, 6.45) is 0.